The summed E-state index contributed by atoms with van der Waals surface area (Å²) in [5.41, 5.74) is 9.97. The van der Waals surface area contributed by atoms with Crippen LogP contribution in [0, 0.1) is 0 Å². The van der Waals surface area contributed by atoms with Gasteiger partial charge < -0.3 is 4.90 Å². The van der Waals surface area contributed by atoms with Gasteiger partial charge in [-0.25, -0.2) is 0 Å². The van der Waals surface area contributed by atoms with E-state index >= 15 is 0 Å². The van der Waals surface area contributed by atoms with Crippen LogP contribution in [-0.4, -0.2) is 4.98 Å². The lowest BCUT2D eigenvalue weighted by Gasteiger charge is -2.23. The van der Waals surface area contributed by atoms with Crippen molar-refractivity contribution < 1.29 is 0 Å². The number of benzene rings is 5. The molecule has 0 N–H and O–H groups in total. The predicted molar refractivity (Wildman–Crippen MR) is 182 cm³/mol. The molecular formula is C41H32N2. The van der Waals surface area contributed by atoms with Crippen LogP contribution in [0.2, 0.25) is 0 Å². The number of hydrogen-bond acceptors (Lipinski definition) is 2. The molecule has 0 saturated carbocycles. The number of aromatic nitrogens is 1. The van der Waals surface area contributed by atoms with Crippen molar-refractivity contribution in [2.24, 2.45) is 0 Å². The lowest BCUT2D eigenvalue weighted by molar-refractivity contribution is 1.27. The van der Waals surface area contributed by atoms with Gasteiger partial charge in [0.05, 0.1) is 5.69 Å². The van der Waals surface area contributed by atoms with Gasteiger partial charge in [0.15, 0.2) is 0 Å². The van der Waals surface area contributed by atoms with Crippen LogP contribution in [0.1, 0.15) is 27.9 Å². The third-order valence-corrected chi connectivity index (χ3v) is 7.21. The van der Waals surface area contributed by atoms with Crippen molar-refractivity contribution in [1.82, 2.24) is 4.98 Å². The first-order chi connectivity index (χ1) is 21.3. The van der Waals surface area contributed by atoms with Crippen LogP contribution in [0.25, 0.3) is 17.2 Å². The van der Waals surface area contributed by atoms with E-state index in [2.05, 4.69) is 174 Å². The smallest absolute Gasteiger partial charge is 0.0707 e. The topological polar surface area (TPSA) is 16.1 Å². The summed E-state index contributed by atoms with van der Waals surface area (Å²) < 4.78 is 0. The van der Waals surface area contributed by atoms with E-state index < -0.39 is 0 Å². The van der Waals surface area contributed by atoms with E-state index in [9.17, 15) is 0 Å². The number of allylic oxidation sites excluding steroid dienone is 2. The van der Waals surface area contributed by atoms with Gasteiger partial charge in [0.1, 0.15) is 0 Å². The zero-order valence-electron chi connectivity index (χ0n) is 23.9. The quantitative estimate of drug-likeness (QED) is 0.166. The highest BCUT2D eigenvalue weighted by Gasteiger charge is 2.12. The van der Waals surface area contributed by atoms with Crippen LogP contribution in [-0.2, 0) is 0 Å². The van der Waals surface area contributed by atoms with Crippen molar-refractivity contribution in [2.45, 2.75) is 0 Å². The molecule has 0 fully saturated rings. The average Bonchev–Trinajstić information content (AvgIpc) is 3.09. The van der Waals surface area contributed by atoms with Gasteiger partial charge in [-0.3, -0.25) is 4.98 Å². The van der Waals surface area contributed by atoms with Gasteiger partial charge >= 0.3 is 0 Å². The first-order valence-electron chi connectivity index (χ1n) is 14.5. The van der Waals surface area contributed by atoms with Gasteiger partial charge in [-0.2, -0.15) is 0 Å². The minimum atomic E-state index is 0.951. The standard InChI is InChI=1S/C41H32N2/c1-5-17-34(18-6-1)39(41-26-13-14-31-42-41)25-15-16-33-27-29-38(30-28-33)43(37-23-11-4-12-24-37)32-40(35-19-7-2-8-20-35)36-21-9-3-10-22-36/h1-32H/b16-15+,39-25-. The number of rotatable bonds is 9. The number of para-hydroxylation sites is 1. The number of nitrogens with zero attached hydrogens (tertiary/aromatic N) is 2. The summed E-state index contributed by atoms with van der Waals surface area (Å²) in [6.45, 7) is 0. The Morgan fingerprint density at radius 1 is 0.465 bits per heavy atom. The van der Waals surface area contributed by atoms with Gasteiger partial charge in [-0.1, -0.05) is 146 Å². The molecule has 43 heavy (non-hydrogen) atoms. The van der Waals surface area contributed by atoms with Crippen LogP contribution >= 0.6 is 0 Å². The van der Waals surface area contributed by atoms with Crippen LogP contribution in [0.4, 0.5) is 11.4 Å². The fourth-order valence-corrected chi connectivity index (χ4v) is 5.04. The summed E-state index contributed by atoms with van der Waals surface area (Å²) in [7, 11) is 0. The molecule has 0 amide bonds. The second-order valence-corrected chi connectivity index (χ2v) is 10.1. The van der Waals surface area contributed by atoms with Gasteiger partial charge in [0.25, 0.3) is 0 Å². The molecule has 0 unspecified atom stereocenters. The van der Waals surface area contributed by atoms with Crippen molar-refractivity contribution >= 4 is 28.6 Å². The van der Waals surface area contributed by atoms with E-state index in [0.29, 0.717) is 0 Å². The van der Waals surface area contributed by atoms with E-state index in [-0.39, 0.29) is 0 Å². The lowest BCUT2D eigenvalue weighted by atomic mass is 9.98. The fourth-order valence-electron chi connectivity index (χ4n) is 5.04. The highest BCUT2D eigenvalue weighted by molar-refractivity contribution is 5.84. The second-order valence-electron chi connectivity index (χ2n) is 10.1. The molecule has 2 nitrogen and oxygen atoms in total. The summed E-state index contributed by atoms with van der Waals surface area (Å²) in [6, 6.07) is 56.7. The van der Waals surface area contributed by atoms with Gasteiger partial charge in [0.2, 0.25) is 0 Å². The molecule has 1 aromatic heterocycles. The van der Waals surface area contributed by atoms with Gasteiger partial charge in [-0.05, 0) is 58.7 Å². The Morgan fingerprint density at radius 2 is 0.953 bits per heavy atom. The van der Waals surface area contributed by atoms with Crippen molar-refractivity contribution in [3.05, 3.63) is 216 Å². The Kier molecular flexibility index (Phi) is 8.78. The first kappa shape index (κ1) is 27.4. The van der Waals surface area contributed by atoms with E-state index in [0.717, 1.165) is 39.3 Å². The maximum atomic E-state index is 4.60. The summed E-state index contributed by atoms with van der Waals surface area (Å²) in [4.78, 5) is 6.86. The minimum absolute atomic E-state index is 0.951. The van der Waals surface area contributed by atoms with E-state index in [4.69, 9.17) is 0 Å². The maximum absolute atomic E-state index is 4.60. The molecule has 206 valence electrons. The molecule has 0 saturated heterocycles. The molecule has 0 aliphatic rings. The molecule has 6 aromatic rings. The van der Waals surface area contributed by atoms with E-state index in [1.807, 2.05) is 30.5 Å². The molecule has 0 atom stereocenters. The van der Waals surface area contributed by atoms with Crippen molar-refractivity contribution in [2.75, 3.05) is 4.90 Å². The molecule has 0 radical (unpaired) electrons. The molecule has 1 heterocycles. The van der Waals surface area contributed by atoms with Gasteiger partial charge in [-0.15, -0.1) is 0 Å². The molecule has 0 bridgehead atoms. The molecule has 0 aliphatic carbocycles. The zero-order valence-corrected chi connectivity index (χ0v) is 23.9. The Labute approximate surface area is 254 Å². The normalized spacial score (nSPS) is 11.3. The number of hydrogen-bond donors (Lipinski definition) is 0. The van der Waals surface area contributed by atoms with Crippen molar-refractivity contribution in [3.8, 4) is 0 Å². The third kappa shape index (κ3) is 6.95. The van der Waals surface area contributed by atoms with Crippen LogP contribution in [0.3, 0.4) is 0 Å². The molecule has 2 heteroatoms. The average molecular weight is 553 g/mol. The highest BCUT2D eigenvalue weighted by atomic mass is 15.1. The summed E-state index contributed by atoms with van der Waals surface area (Å²) in [6.07, 6.45) is 10.5. The minimum Gasteiger partial charge on any atom is -0.317 e. The predicted octanol–water partition coefficient (Wildman–Crippen LogP) is 10.5. The SMILES string of the molecule is C(=C(c1ccccc1)c1ccccc1)N(c1ccccc1)c1ccc(/C=C/C=C(/c2ccccc2)c2ccccn2)cc1. The second kappa shape index (κ2) is 13.8. The number of pyridine rings is 1. The Balaban J connectivity index is 1.34. The summed E-state index contributed by atoms with van der Waals surface area (Å²) in [5.74, 6) is 0. The monoisotopic (exact) mass is 552 g/mol. The van der Waals surface area contributed by atoms with Crippen LogP contribution < -0.4 is 4.90 Å². The third-order valence-electron chi connectivity index (χ3n) is 7.21. The summed E-state index contributed by atoms with van der Waals surface area (Å²) >= 11 is 0. The van der Waals surface area contributed by atoms with E-state index in [1.165, 1.54) is 11.1 Å². The Hall–Kier alpha value is -5.73. The first-order valence-corrected chi connectivity index (χ1v) is 14.5. The highest BCUT2D eigenvalue weighted by Crippen LogP contribution is 2.32. The molecule has 6 rings (SSSR count). The molecule has 0 spiro atoms. The summed E-state index contributed by atoms with van der Waals surface area (Å²) in [5, 5.41) is 0. The van der Waals surface area contributed by atoms with Crippen LogP contribution in [0.5, 0.6) is 0 Å². The van der Waals surface area contributed by atoms with E-state index in [1.54, 1.807) is 0 Å². The van der Waals surface area contributed by atoms with Crippen molar-refractivity contribution in [3.63, 3.8) is 0 Å². The fraction of sp³-hybridized carbons (Fsp3) is 0. The molecule has 0 aliphatic heterocycles. The molecular weight excluding hydrogens is 520 g/mol. The zero-order chi connectivity index (χ0) is 29.1. The Morgan fingerprint density at radius 3 is 1.49 bits per heavy atom. The lowest BCUT2D eigenvalue weighted by Crippen LogP contribution is -2.10. The largest absolute Gasteiger partial charge is 0.317 e. The Bertz CT molecular complexity index is 1720. The number of anilines is 2. The molecule has 5 aromatic carbocycles. The van der Waals surface area contributed by atoms with Gasteiger partial charge in [0, 0.05) is 34.9 Å². The van der Waals surface area contributed by atoms with Crippen LogP contribution in [0.15, 0.2) is 188 Å². The maximum Gasteiger partial charge on any atom is 0.0707 e. The van der Waals surface area contributed by atoms with Crippen molar-refractivity contribution in [1.29, 1.82) is 0 Å².